The molecule has 0 radical (unpaired) electrons. The molecule has 3 rings (SSSR count). The molecule has 0 aromatic heterocycles. The lowest BCUT2D eigenvalue weighted by Gasteiger charge is -2.27. The van der Waals surface area contributed by atoms with E-state index < -0.39 is 17.9 Å². The second-order valence-electron chi connectivity index (χ2n) is 5.75. The molecule has 6 heteroatoms. The third-order valence-electron chi connectivity index (χ3n) is 4.24. The van der Waals surface area contributed by atoms with Gasteiger partial charge < -0.3 is 10.6 Å². The van der Waals surface area contributed by atoms with Crippen molar-refractivity contribution >= 4 is 17.7 Å². The Bertz CT molecular complexity index is 588. The highest BCUT2D eigenvalue weighted by molar-refractivity contribution is 6.22. The maximum absolute atomic E-state index is 12.4. The van der Waals surface area contributed by atoms with E-state index in [1.807, 2.05) is 0 Å². The van der Waals surface area contributed by atoms with Gasteiger partial charge in [-0.3, -0.25) is 19.3 Å². The largest absolute Gasteiger partial charge is 0.350 e. The minimum absolute atomic E-state index is 0.0545. The van der Waals surface area contributed by atoms with Gasteiger partial charge in [0.05, 0.1) is 11.1 Å². The van der Waals surface area contributed by atoms with Crippen molar-refractivity contribution in [1.82, 2.24) is 15.5 Å². The molecule has 0 saturated carbocycles. The Morgan fingerprint density at radius 1 is 1.27 bits per heavy atom. The summed E-state index contributed by atoms with van der Waals surface area (Å²) in [4.78, 5) is 38.1. The molecule has 1 aromatic rings. The smallest absolute Gasteiger partial charge is 0.262 e. The van der Waals surface area contributed by atoms with Crippen molar-refractivity contribution in [2.75, 3.05) is 13.1 Å². The molecule has 2 heterocycles. The first-order valence-corrected chi connectivity index (χ1v) is 7.57. The number of hydrogen-bond donors (Lipinski definition) is 2. The molecular weight excluding hydrogens is 282 g/mol. The first kappa shape index (κ1) is 14.7. The van der Waals surface area contributed by atoms with E-state index in [2.05, 4.69) is 10.6 Å². The third-order valence-corrected chi connectivity index (χ3v) is 4.24. The van der Waals surface area contributed by atoms with Crippen molar-refractivity contribution in [3.8, 4) is 0 Å². The van der Waals surface area contributed by atoms with Crippen molar-refractivity contribution in [1.29, 1.82) is 0 Å². The van der Waals surface area contributed by atoms with Crippen molar-refractivity contribution in [3.63, 3.8) is 0 Å². The lowest BCUT2D eigenvalue weighted by atomic mass is 10.1. The summed E-state index contributed by atoms with van der Waals surface area (Å²) >= 11 is 0. The van der Waals surface area contributed by atoms with Gasteiger partial charge in [0.25, 0.3) is 11.8 Å². The average molecular weight is 301 g/mol. The molecule has 1 fully saturated rings. The zero-order valence-electron chi connectivity index (χ0n) is 12.5. The third kappa shape index (κ3) is 2.50. The number of fused-ring (bicyclic) bond motifs is 1. The van der Waals surface area contributed by atoms with E-state index in [-0.39, 0.29) is 11.9 Å². The highest BCUT2D eigenvalue weighted by Gasteiger charge is 2.40. The summed E-state index contributed by atoms with van der Waals surface area (Å²) in [7, 11) is 0. The van der Waals surface area contributed by atoms with Gasteiger partial charge in [-0.2, -0.15) is 0 Å². The molecule has 22 heavy (non-hydrogen) atoms. The average Bonchev–Trinajstić information content (AvgIpc) is 2.79. The summed E-state index contributed by atoms with van der Waals surface area (Å²) in [6.07, 6.45) is 1.92. The van der Waals surface area contributed by atoms with Crippen LogP contribution in [0.5, 0.6) is 0 Å². The molecule has 1 saturated heterocycles. The number of imide groups is 1. The molecule has 2 N–H and O–H groups in total. The molecule has 2 atom stereocenters. The van der Waals surface area contributed by atoms with Crippen molar-refractivity contribution in [3.05, 3.63) is 35.4 Å². The van der Waals surface area contributed by atoms with Gasteiger partial charge in [0, 0.05) is 12.6 Å². The van der Waals surface area contributed by atoms with E-state index in [1.54, 1.807) is 31.2 Å². The number of nitrogens with zero attached hydrogens (tertiary/aromatic N) is 1. The fourth-order valence-electron chi connectivity index (χ4n) is 2.97. The number of amides is 3. The number of hydrogen-bond acceptors (Lipinski definition) is 4. The number of piperidine rings is 1. The first-order valence-electron chi connectivity index (χ1n) is 7.57. The topological polar surface area (TPSA) is 78.5 Å². The van der Waals surface area contributed by atoms with Crippen molar-refractivity contribution in [2.45, 2.75) is 31.8 Å². The van der Waals surface area contributed by atoms with E-state index in [0.717, 1.165) is 30.8 Å². The van der Waals surface area contributed by atoms with Gasteiger partial charge in [-0.05, 0) is 38.4 Å². The van der Waals surface area contributed by atoms with E-state index in [0.29, 0.717) is 11.1 Å². The van der Waals surface area contributed by atoms with Crippen LogP contribution in [0, 0.1) is 0 Å². The van der Waals surface area contributed by atoms with E-state index >= 15 is 0 Å². The Kier molecular flexibility index (Phi) is 3.94. The maximum atomic E-state index is 12.4. The van der Waals surface area contributed by atoms with Gasteiger partial charge in [0.1, 0.15) is 6.04 Å². The number of carbonyl (C=O) groups excluding carboxylic acids is 3. The van der Waals surface area contributed by atoms with E-state index in [4.69, 9.17) is 0 Å². The van der Waals surface area contributed by atoms with Gasteiger partial charge in [0.2, 0.25) is 5.91 Å². The van der Waals surface area contributed by atoms with Crippen LogP contribution in [0.15, 0.2) is 24.3 Å². The predicted octanol–water partition coefficient (Wildman–Crippen LogP) is 0.539. The highest BCUT2D eigenvalue weighted by atomic mass is 16.2. The zero-order chi connectivity index (χ0) is 15.7. The number of rotatable bonds is 3. The van der Waals surface area contributed by atoms with Gasteiger partial charge in [-0.25, -0.2) is 0 Å². The summed E-state index contributed by atoms with van der Waals surface area (Å²) in [5.41, 5.74) is 0.734. The van der Waals surface area contributed by atoms with Gasteiger partial charge in [-0.15, -0.1) is 0 Å². The molecule has 0 bridgehead atoms. The molecule has 2 aliphatic rings. The van der Waals surface area contributed by atoms with Crippen LogP contribution in [-0.4, -0.2) is 47.8 Å². The van der Waals surface area contributed by atoms with Gasteiger partial charge in [-0.1, -0.05) is 12.1 Å². The normalized spacial score (nSPS) is 22.4. The molecule has 2 aliphatic heterocycles. The summed E-state index contributed by atoms with van der Waals surface area (Å²) in [6.45, 7) is 3.27. The first-order chi connectivity index (χ1) is 10.6. The predicted molar refractivity (Wildman–Crippen MR) is 80.4 cm³/mol. The van der Waals surface area contributed by atoms with Crippen molar-refractivity contribution < 1.29 is 14.4 Å². The second kappa shape index (κ2) is 5.88. The Labute approximate surface area is 128 Å². The van der Waals surface area contributed by atoms with Crippen LogP contribution >= 0.6 is 0 Å². The van der Waals surface area contributed by atoms with Crippen LogP contribution in [0.2, 0.25) is 0 Å². The van der Waals surface area contributed by atoms with E-state index in [1.165, 1.54) is 0 Å². The van der Waals surface area contributed by atoms with Crippen LogP contribution in [0.3, 0.4) is 0 Å². The molecule has 116 valence electrons. The van der Waals surface area contributed by atoms with Gasteiger partial charge >= 0.3 is 0 Å². The van der Waals surface area contributed by atoms with Crippen LogP contribution < -0.4 is 10.6 Å². The summed E-state index contributed by atoms with van der Waals surface area (Å²) in [6, 6.07) is 5.90. The monoisotopic (exact) mass is 301 g/mol. The fourth-order valence-corrected chi connectivity index (χ4v) is 2.97. The number of nitrogens with one attached hydrogen (secondary N) is 2. The Morgan fingerprint density at radius 2 is 1.91 bits per heavy atom. The minimum Gasteiger partial charge on any atom is -0.350 e. The fraction of sp³-hybridized carbons (Fsp3) is 0.438. The molecule has 3 amide bonds. The zero-order valence-corrected chi connectivity index (χ0v) is 12.5. The standard InChI is InChI=1S/C16H19N3O3/c1-10(14(20)18-11-5-4-8-17-9-11)19-15(21)12-6-2-3-7-13(12)16(19)22/h2-3,6-7,10-11,17H,4-5,8-9H2,1H3,(H,18,20). The molecule has 2 unspecified atom stereocenters. The molecule has 1 aromatic carbocycles. The van der Waals surface area contributed by atoms with Crippen molar-refractivity contribution in [2.24, 2.45) is 0 Å². The second-order valence-corrected chi connectivity index (χ2v) is 5.75. The summed E-state index contributed by atoms with van der Waals surface area (Å²) in [5, 5.41) is 6.13. The molecule has 0 spiro atoms. The SMILES string of the molecule is CC(C(=O)NC1CCCNC1)N1C(=O)c2ccccc2C1=O. The Balaban J connectivity index is 1.72. The quantitative estimate of drug-likeness (QED) is 0.799. The molecule has 6 nitrogen and oxygen atoms in total. The maximum Gasteiger partial charge on any atom is 0.262 e. The van der Waals surface area contributed by atoms with Gasteiger partial charge in [0.15, 0.2) is 0 Å². The minimum atomic E-state index is -0.811. The summed E-state index contributed by atoms with van der Waals surface area (Å²) in [5.74, 6) is -1.08. The van der Waals surface area contributed by atoms with Crippen LogP contribution in [0.1, 0.15) is 40.5 Å². The number of benzene rings is 1. The van der Waals surface area contributed by atoms with E-state index in [9.17, 15) is 14.4 Å². The summed E-state index contributed by atoms with van der Waals surface area (Å²) < 4.78 is 0. The molecule has 0 aliphatic carbocycles. The lowest BCUT2D eigenvalue weighted by Crippen LogP contribution is -2.53. The Hall–Kier alpha value is -2.21. The highest BCUT2D eigenvalue weighted by Crippen LogP contribution is 2.24. The van der Waals surface area contributed by atoms with Crippen LogP contribution in [0.25, 0.3) is 0 Å². The van der Waals surface area contributed by atoms with Crippen LogP contribution in [-0.2, 0) is 4.79 Å². The van der Waals surface area contributed by atoms with Crippen LogP contribution in [0.4, 0.5) is 0 Å². The Morgan fingerprint density at radius 3 is 2.45 bits per heavy atom. The lowest BCUT2D eigenvalue weighted by molar-refractivity contribution is -0.125. The number of carbonyl (C=O) groups is 3. The molecular formula is C16H19N3O3.